The number of thioether (sulfide) groups is 1. The van der Waals surface area contributed by atoms with E-state index in [4.69, 9.17) is 9.26 Å². The molecule has 1 fully saturated rings. The Morgan fingerprint density at radius 1 is 1.36 bits per heavy atom. The number of ether oxygens (including phenoxy) is 1. The summed E-state index contributed by atoms with van der Waals surface area (Å²) in [7, 11) is 0. The van der Waals surface area contributed by atoms with Gasteiger partial charge in [0.05, 0.1) is 17.6 Å². The summed E-state index contributed by atoms with van der Waals surface area (Å²) in [6.07, 6.45) is 5.02. The third-order valence-electron chi connectivity index (χ3n) is 4.08. The zero-order valence-corrected chi connectivity index (χ0v) is 15.2. The first-order valence-corrected chi connectivity index (χ1v) is 9.74. The van der Waals surface area contributed by atoms with Crippen LogP contribution < -0.4 is 10.1 Å². The third-order valence-corrected chi connectivity index (χ3v) is 5.01. The average molecular weight is 361 g/mol. The smallest absolute Gasteiger partial charge is 0.230 e. The molecule has 1 aromatic carbocycles. The molecule has 0 saturated heterocycles. The summed E-state index contributed by atoms with van der Waals surface area (Å²) < 4.78 is 11.0. The van der Waals surface area contributed by atoms with Crippen molar-refractivity contribution in [2.75, 3.05) is 5.75 Å². The molecule has 7 heteroatoms. The number of benzene rings is 1. The number of rotatable bonds is 8. The quantitative estimate of drug-likeness (QED) is 0.778. The number of carbonyl (C=O) groups is 1. The van der Waals surface area contributed by atoms with Crippen molar-refractivity contribution in [2.24, 2.45) is 0 Å². The Labute approximate surface area is 151 Å². The lowest BCUT2D eigenvalue weighted by atomic mass is 10.2. The lowest BCUT2D eigenvalue weighted by Gasteiger charge is -2.16. The van der Waals surface area contributed by atoms with E-state index in [-0.39, 0.29) is 5.91 Å². The average Bonchev–Trinajstić information content (AvgIpc) is 3.26. The minimum atomic E-state index is -0.0131. The number of aromatic nitrogens is 2. The van der Waals surface area contributed by atoms with E-state index in [0.29, 0.717) is 35.9 Å². The Morgan fingerprint density at radius 2 is 2.16 bits per heavy atom. The van der Waals surface area contributed by atoms with Crippen LogP contribution in [0.2, 0.25) is 0 Å². The number of amides is 1. The summed E-state index contributed by atoms with van der Waals surface area (Å²) in [5, 5.41) is 6.76. The van der Waals surface area contributed by atoms with Crippen molar-refractivity contribution in [2.45, 2.75) is 51.0 Å². The van der Waals surface area contributed by atoms with Gasteiger partial charge in [-0.1, -0.05) is 23.4 Å². The number of nitrogens with zero attached hydrogens (tertiary/aromatic N) is 2. The second kappa shape index (κ2) is 8.89. The van der Waals surface area contributed by atoms with E-state index >= 15 is 0 Å². The van der Waals surface area contributed by atoms with Crippen LogP contribution in [0.5, 0.6) is 5.75 Å². The highest BCUT2D eigenvalue weighted by molar-refractivity contribution is 7.99. The van der Waals surface area contributed by atoms with Crippen molar-refractivity contribution in [3.63, 3.8) is 0 Å². The van der Waals surface area contributed by atoms with E-state index in [1.54, 1.807) is 6.92 Å². The Morgan fingerprint density at radius 3 is 2.92 bits per heavy atom. The van der Waals surface area contributed by atoms with Crippen molar-refractivity contribution in [3.05, 3.63) is 41.5 Å². The lowest BCUT2D eigenvalue weighted by Crippen LogP contribution is -2.25. The molecule has 1 amide bonds. The van der Waals surface area contributed by atoms with Crippen LogP contribution >= 0.6 is 11.8 Å². The van der Waals surface area contributed by atoms with Crippen LogP contribution in [0.3, 0.4) is 0 Å². The van der Waals surface area contributed by atoms with Gasteiger partial charge in [-0.15, -0.1) is 11.8 Å². The first-order valence-electron chi connectivity index (χ1n) is 8.59. The summed E-state index contributed by atoms with van der Waals surface area (Å²) >= 11 is 1.46. The topological polar surface area (TPSA) is 77.2 Å². The van der Waals surface area contributed by atoms with Gasteiger partial charge in [-0.25, -0.2) is 0 Å². The van der Waals surface area contributed by atoms with Gasteiger partial charge in [0.25, 0.3) is 0 Å². The van der Waals surface area contributed by atoms with Gasteiger partial charge < -0.3 is 14.6 Å². The molecule has 1 heterocycles. The van der Waals surface area contributed by atoms with Crippen molar-refractivity contribution in [1.29, 1.82) is 0 Å². The fourth-order valence-electron chi connectivity index (χ4n) is 2.83. The largest absolute Gasteiger partial charge is 0.490 e. The lowest BCUT2D eigenvalue weighted by molar-refractivity contribution is -0.118. The molecule has 134 valence electrons. The number of hydrogen-bond acceptors (Lipinski definition) is 6. The molecule has 0 radical (unpaired) electrons. The summed E-state index contributed by atoms with van der Waals surface area (Å²) in [5.41, 5.74) is 1.02. The molecule has 0 spiro atoms. The minimum absolute atomic E-state index is 0.0131. The van der Waals surface area contributed by atoms with Crippen LogP contribution in [0.25, 0.3) is 0 Å². The molecular weight excluding hydrogens is 338 g/mol. The fourth-order valence-corrected chi connectivity index (χ4v) is 3.52. The maximum Gasteiger partial charge on any atom is 0.230 e. The number of hydrogen-bond donors (Lipinski definition) is 1. The predicted molar refractivity (Wildman–Crippen MR) is 96.4 cm³/mol. The second-order valence-corrected chi connectivity index (χ2v) is 7.12. The van der Waals surface area contributed by atoms with Crippen LogP contribution in [0, 0.1) is 6.92 Å². The standard InChI is InChI=1S/C18H23N3O3S/c1-13-20-17(21-24-13)11-25-12-18(22)19-10-14-6-2-5-9-16(14)23-15-7-3-4-8-15/h2,5-6,9,15H,3-4,7-8,10-12H2,1H3,(H,19,22). The van der Waals surface area contributed by atoms with Crippen LogP contribution in [-0.4, -0.2) is 27.9 Å². The highest BCUT2D eigenvalue weighted by Crippen LogP contribution is 2.26. The number of nitrogens with one attached hydrogen (secondary N) is 1. The molecule has 25 heavy (non-hydrogen) atoms. The second-order valence-electron chi connectivity index (χ2n) is 6.13. The molecule has 6 nitrogen and oxygen atoms in total. The molecule has 1 aliphatic carbocycles. The number of carbonyl (C=O) groups excluding carboxylic acids is 1. The SMILES string of the molecule is Cc1nc(CSCC(=O)NCc2ccccc2OC2CCCC2)no1. The van der Waals surface area contributed by atoms with Crippen LogP contribution in [0.1, 0.15) is 43.0 Å². The first kappa shape index (κ1) is 17.8. The molecule has 2 aromatic rings. The molecule has 3 rings (SSSR count). The fraction of sp³-hybridized carbons (Fsp3) is 0.500. The van der Waals surface area contributed by atoms with Crippen LogP contribution in [-0.2, 0) is 17.1 Å². The molecular formula is C18H23N3O3S. The van der Waals surface area contributed by atoms with Gasteiger partial charge in [0, 0.05) is 19.0 Å². The molecule has 0 aliphatic heterocycles. The van der Waals surface area contributed by atoms with Gasteiger partial charge in [-0.05, 0) is 31.7 Å². The molecule has 1 saturated carbocycles. The summed E-state index contributed by atoms with van der Waals surface area (Å²) in [6, 6.07) is 7.92. The monoisotopic (exact) mass is 361 g/mol. The van der Waals surface area contributed by atoms with Gasteiger partial charge >= 0.3 is 0 Å². The third kappa shape index (κ3) is 5.49. The van der Waals surface area contributed by atoms with Gasteiger partial charge in [-0.3, -0.25) is 4.79 Å². The maximum atomic E-state index is 12.0. The zero-order valence-electron chi connectivity index (χ0n) is 14.4. The van der Waals surface area contributed by atoms with Crippen molar-refractivity contribution >= 4 is 17.7 Å². The predicted octanol–water partition coefficient (Wildman–Crippen LogP) is 3.25. The van der Waals surface area contributed by atoms with Crippen molar-refractivity contribution in [1.82, 2.24) is 15.5 Å². The van der Waals surface area contributed by atoms with E-state index in [1.807, 2.05) is 24.3 Å². The summed E-state index contributed by atoms with van der Waals surface area (Å²) in [6.45, 7) is 2.22. The van der Waals surface area contributed by atoms with Crippen LogP contribution in [0.15, 0.2) is 28.8 Å². The summed E-state index contributed by atoms with van der Waals surface area (Å²) in [4.78, 5) is 16.1. The maximum absolute atomic E-state index is 12.0. The zero-order chi connectivity index (χ0) is 17.5. The Kier molecular flexibility index (Phi) is 6.33. The molecule has 1 N–H and O–H groups in total. The molecule has 0 bridgehead atoms. The van der Waals surface area contributed by atoms with Gasteiger partial charge in [0.15, 0.2) is 5.82 Å². The highest BCUT2D eigenvalue weighted by Gasteiger charge is 2.17. The van der Waals surface area contributed by atoms with Crippen molar-refractivity contribution < 1.29 is 14.1 Å². The minimum Gasteiger partial charge on any atom is -0.490 e. The van der Waals surface area contributed by atoms with Gasteiger partial charge in [-0.2, -0.15) is 4.98 Å². The first-order chi connectivity index (χ1) is 12.2. The summed E-state index contributed by atoms with van der Waals surface area (Å²) in [5.74, 6) is 2.95. The van der Waals surface area contributed by atoms with E-state index in [1.165, 1.54) is 24.6 Å². The molecule has 0 atom stereocenters. The Balaban J connectivity index is 1.43. The number of para-hydroxylation sites is 1. The van der Waals surface area contributed by atoms with Gasteiger partial charge in [0.2, 0.25) is 11.8 Å². The number of aryl methyl sites for hydroxylation is 1. The molecule has 0 unspecified atom stereocenters. The Hall–Kier alpha value is -2.02. The van der Waals surface area contributed by atoms with E-state index in [2.05, 4.69) is 15.5 Å². The van der Waals surface area contributed by atoms with E-state index < -0.39 is 0 Å². The molecule has 1 aromatic heterocycles. The normalized spacial score (nSPS) is 14.6. The van der Waals surface area contributed by atoms with Gasteiger partial charge in [0.1, 0.15) is 5.75 Å². The highest BCUT2D eigenvalue weighted by atomic mass is 32.2. The van der Waals surface area contributed by atoms with Crippen LogP contribution in [0.4, 0.5) is 0 Å². The van der Waals surface area contributed by atoms with E-state index in [0.717, 1.165) is 24.2 Å². The molecule has 1 aliphatic rings. The Bertz CT molecular complexity index is 698. The van der Waals surface area contributed by atoms with E-state index in [9.17, 15) is 4.79 Å². The van der Waals surface area contributed by atoms with Crippen molar-refractivity contribution in [3.8, 4) is 5.75 Å².